The van der Waals surface area contributed by atoms with Crippen LogP contribution >= 0.6 is 15.9 Å². The molecule has 0 saturated carbocycles. The van der Waals surface area contributed by atoms with E-state index >= 15 is 0 Å². The summed E-state index contributed by atoms with van der Waals surface area (Å²) in [5.41, 5.74) is 3.15. The molecule has 0 spiro atoms. The minimum absolute atomic E-state index is 0.223. The predicted octanol–water partition coefficient (Wildman–Crippen LogP) is 3.66. The third-order valence-corrected chi connectivity index (χ3v) is 4.16. The number of benzene rings is 1. The Balaban J connectivity index is 2.19. The maximum absolute atomic E-state index is 12.5. The van der Waals surface area contributed by atoms with Gasteiger partial charge in [0.15, 0.2) is 5.69 Å². The second-order valence-electron chi connectivity index (χ2n) is 5.35. The molecular formula is C16H21BrN4O. The molecule has 1 amide bonds. The SMILES string of the molecule is CCNCc1ccccc1NC(=O)c1n[nH]c(C(C)C)c1Br. The summed E-state index contributed by atoms with van der Waals surface area (Å²) in [6.45, 7) is 7.74. The minimum Gasteiger partial charge on any atom is -0.320 e. The van der Waals surface area contributed by atoms with Crippen molar-refractivity contribution >= 4 is 27.5 Å². The van der Waals surface area contributed by atoms with Gasteiger partial charge < -0.3 is 10.6 Å². The Kier molecular flexibility index (Phi) is 5.74. The van der Waals surface area contributed by atoms with Crippen LogP contribution in [0.4, 0.5) is 5.69 Å². The van der Waals surface area contributed by atoms with Gasteiger partial charge in [-0.2, -0.15) is 5.10 Å². The van der Waals surface area contributed by atoms with Crippen LogP contribution in [-0.4, -0.2) is 22.6 Å². The lowest BCUT2D eigenvalue weighted by Gasteiger charge is -2.10. The highest BCUT2D eigenvalue weighted by Crippen LogP contribution is 2.26. The number of nitrogens with zero attached hydrogens (tertiary/aromatic N) is 1. The molecule has 2 aromatic rings. The maximum Gasteiger partial charge on any atom is 0.277 e. The number of halogens is 1. The third kappa shape index (κ3) is 3.75. The molecule has 118 valence electrons. The zero-order chi connectivity index (χ0) is 16.1. The lowest BCUT2D eigenvalue weighted by Crippen LogP contribution is -2.17. The zero-order valence-corrected chi connectivity index (χ0v) is 14.6. The Morgan fingerprint density at radius 2 is 2.09 bits per heavy atom. The minimum atomic E-state index is -0.223. The number of carbonyl (C=O) groups is 1. The Morgan fingerprint density at radius 1 is 1.36 bits per heavy atom. The first-order valence-electron chi connectivity index (χ1n) is 7.38. The molecule has 1 aromatic heterocycles. The topological polar surface area (TPSA) is 69.8 Å². The van der Waals surface area contributed by atoms with Crippen molar-refractivity contribution in [2.75, 3.05) is 11.9 Å². The number of hydrogen-bond acceptors (Lipinski definition) is 3. The van der Waals surface area contributed by atoms with E-state index in [4.69, 9.17) is 0 Å². The molecule has 0 saturated heterocycles. The molecule has 2 rings (SSSR count). The van der Waals surface area contributed by atoms with Crippen molar-refractivity contribution in [1.82, 2.24) is 15.5 Å². The normalized spacial score (nSPS) is 11.0. The van der Waals surface area contributed by atoms with Crippen LogP contribution in [-0.2, 0) is 6.54 Å². The Bertz CT molecular complexity index is 651. The molecule has 3 N–H and O–H groups in total. The number of H-pyrrole nitrogens is 1. The molecule has 0 fully saturated rings. The van der Waals surface area contributed by atoms with Crippen molar-refractivity contribution in [2.45, 2.75) is 33.2 Å². The molecule has 0 aliphatic carbocycles. The van der Waals surface area contributed by atoms with Gasteiger partial charge in [-0.05, 0) is 40.0 Å². The smallest absolute Gasteiger partial charge is 0.277 e. The predicted molar refractivity (Wildman–Crippen MR) is 92.2 cm³/mol. The van der Waals surface area contributed by atoms with Gasteiger partial charge in [0.25, 0.3) is 5.91 Å². The van der Waals surface area contributed by atoms with Crippen LogP contribution in [0.15, 0.2) is 28.7 Å². The lowest BCUT2D eigenvalue weighted by atomic mass is 10.1. The summed E-state index contributed by atoms with van der Waals surface area (Å²) in [6.07, 6.45) is 0. The Labute approximate surface area is 139 Å². The highest BCUT2D eigenvalue weighted by Gasteiger charge is 2.19. The van der Waals surface area contributed by atoms with Crippen LogP contribution in [0, 0.1) is 0 Å². The highest BCUT2D eigenvalue weighted by molar-refractivity contribution is 9.10. The van der Waals surface area contributed by atoms with Crippen molar-refractivity contribution in [3.63, 3.8) is 0 Å². The summed E-state index contributed by atoms with van der Waals surface area (Å²) in [6, 6.07) is 7.76. The van der Waals surface area contributed by atoms with Gasteiger partial charge in [-0.25, -0.2) is 0 Å². The van der Waals surface area contributed by atoms with Crippen molar-refractivity contribution < 1.29 is 4.79 Å². The zero-order valence-electron chi connectivity index (χ0n) is 13.0. The first kappa shape index (κ1) is 16.7. The van der Waals surface area contributed by atoms with E-state index in [0.717, 1.165) is 28.0 Å². The summed E-state index contributed by atoms with van der Waals surface area (Å²) in [5.74, 6) is 0.0449. The largest absolute Gasteiger partial charge is 0.320 e. The third-order valence-electron chi connectivity index (χ3n) is 3.36. The number of aromatic amines is 1. The molecule has 0 aliphatic heterocycles. The molecule has 1 aromatic carbocycles. The Hall–Kier alpha value is -1.66. The molecule has 0 bridgehead atoms. The molecule has 22 heavy (non-hydrogen) atoms. The van der Waals surface area contributed by atoms with Crippen LogP contribution in [0.1, 0.15) is 48.4 Å². The lowest BCUT2D eigenvalue weighted by molar-refractivity contribution is 0.102. The number of anilines is 1. The molecular weight excluding hydrogens is 344 g/mol. The number of amides is 1. The van der Waals surface area contributed by atoms with E-state index in [2.05, 4.69) is 43.7 Å². The van der Waals surface area contributed by atoms with Crippen LogP contribution in [0.2, 0.25) is 0 Å². The number of aromatic nitrogens is 2. The van der Waals surface area contributed by atoms with Gasteiger partial charge in [-0.1, -0.05) is 39.0 Å². The monoisotopic (exact) mass is 364 g/mol. The fourth-order valence-corrected chi connectivity index (χ4v) is 2.93. The summed E-state index contributed by atoms with van der Waals surface area (Å²) >= 11 is 3.46. The quantitative estimate of drug-likeness (QED) is 0.732. The summed E-state index contributed by atoms with van der Waals surface area (Å²) in [5, 5.41) is 13.2. The van der Waals surface area contributed by atoms with Crippen LogP contribution in [0.5, 0.6) is 0 Å². The van der Waals surface area contributed by atoms with Gasteiger partial charge in [-0.15, -0.1) is 0 Å². The number of nitrogens with one attached hydrogen (secondary N) is 3. The van der Waals surface area contributed by atoms with Crippen molar-refractivity contribution in [1.29, 1.82) is 0 Å². The fraction of sp³-hybridized carbons (Fsp3) is 0.375. The first-order chi connectivity index (χ1) is 10.5. The van der Waals surface area contributed by atoms with Crippen LogP contribution < -0.4 is 10.6 Å². The van der Waals surface area contributed by atoms with Gasteiger partial charge in [-0.3, -0.25) is 9.89 Å². The first-order valence-corrected chi connectivity index (χ1v) is 8.17. The van der Waals surface area contributed by atoms with Crippen molar-refractivity contribution in [3.05, 3.63) is 45.7 Å². The summed E-state index contributed by atoms with van der Waals surface area (Å²) in [7, 11) is 0. The standard InChI is InChI=1S/C16H21BrN4O/c1-4-18-9-11-7-5-6-8-12(11)19-16(22)15-13(17)14(10(2)3)20-21-15/h5-8,10,18H,4,9H2,1-3H3,(H,19,22)(H,20,21). The average molecular weight is 365 g/mol. The van der Waals surface area contributed by atoms with Crippen molar-refractivity contribution in [2.24, 2.45) is 0 Å². The summed E-state index contributed by atoms with van der Waals surface area (Å²) < 4.78 is 0.726. The second-order valence-corrected chi connectivity index (χ2v) is 6.14. The summed E-state index contributed by atoms with van der Waals surface area (Å²) in [4.78, 5) is 12.5. The van der Waals surface area contributed by atoms with E-state index in [0.29, 0.717) is 12.2 Å². The van der Waals surface area contributed by atoms with E-state index in [-0.39, 0.29) is 11.8 Å². The molecule has 0 aliphatic rings. The molecule has 6 heteroatoms. The molecule has 0 radical (unpaired) electrons. The van der Waals surface area contributed by atoms with Gasteiger partial charge in [0.1, 0.15) is 0 Å². The van der Waals surface area contributed by atoms with E-state index in [1.54, 1.807) is 0 Å². The molecule has 0 atom stereocenters. The maximum atomic E-state index is 12.5. The van der Waals surface area contributed by atoms with Crippen LogP contribution in [0.25, 0.3) is 0 Å². The Morgan fingerprint density at radius 3 is 2.73 bits per heavy atom. The van der Waals surface area contributed by atoms with E-state index in [1.165, 1.54) is 0 Å². The average Bonchev–Trinajstić information content (AvgIpc) is 2.88. The molecule has 0 unspecified atom stereocenters. The molecule has 1 heterocycles. The number of rotatable bonds is 6. The van der Waals surface area contributed by atoms with Gasteiger partial charge in [0.05, 0.1) is 10.2 Å². The van der Waals surface area contributed by atoms with Gasteiger partial charge >= 0.3 is 0 Å². The molecule has 5 nitrogen and oxygen atoms in total. The van der Waals surface area contributed by atoms with Gasteiger partial charge in [0.2, 0.25) is 0 Å². The highest BCUT2D eigenvalue weighted by atomic mass is 79.9. The fourth-order valence-electron chi connectivity index (χ4n) is 2.11. The second kappa shape index (κ2) is 7.56. The van der Waals surface area contributed by atoms with E-state index in [9.17, 15) is 4.79 Å². The van der Waals surface area contributed by atoms with E-state index < -0.39 is 0 Å². The van der Waals surface area contributed by atoms with Crippen LogP contribution in [0.3, 0.4) is 0 Å². The number of para-hydroxylation sites is 1. The van der Waals surface area contributed by atoms with Crippen molar-refractivity contribution in [3.8, 4) is 0 Å². The van der Waals surface area contributed by atoms with E-state index in [1.807, 2.05) is 38.1 Å². The number of hydrogen-bond donors (Lipinski definition) is 3. The van der Waals surface area contributed by atoms with Gasteiger partial charge in [0, 0.05) is 12.2 Å². The number of carbonyl (C=O) groups excluding carboxylic acids is 1.